The Hall–Kier alpha value is -0.540. The highest BCUT2D eigenvalue weighted by atomic mass is 79.9. The zero-order chi connectivity index (χ0) is 9.14. The molecule has 0 aromatic heterocycles. The van der Waals surface area contributed by atoms with Crippen molar-refractivity contribution in [3.8, 4) is 5.75 Å². The van der Waals surface area contributed by atoms with Crippen molar-refractivity contribution in [2.75, 3.05) is 0 Å². The van der Waals surface area contributed by atoms with E-state index in [9.17, 15) is 5.11 Å². The lowest BCUT2D eigenvalue weighted by Crippen LogP contribution is -2.17. The summed E-state index contributed by atoms with van der Waals surface area (Å²) < 4.78 is 0.998. The standard InChI is InChI=1S/C9H12BrNO/c1-6(11)4-7-5-8(12)2-3-9(7)10/h2-3,5-6,12H,4,11H2,1H3/t6-/m1/s1. The summed E-state index contributed by atoms with van der Waals surface area (Å²) in [6, 6.07) is 5.32. The first kappa shape index (κ1) is 9.55. The van der Waals surface area contributed by atoms with Crippen molar-refractivity contribution >= 4 is 15.9 Å². The summed E-state index contributed by atoms with van der Waals surface area (Å²) in [7, 11) is 0. The van der Waals surface area contributed by atoms with Gasteiger partial charge in [0.15, 0.2) is 0 Å². The molecule has 1 rings (SSSR count). The van der Waals surface area contributed by atoms with Crippen LogP contribution in [0.5, 0.6) is 5.75 Å². The van der Waals surface area contributed by atoms with Gasteiger partial charge in [0.2, 0.25) is 0 Å². The Bertz CT molecular complexity index is 273. The highest BCUT2D eigenvalue weighted by Gasteiger charge is 2.03. The van der Waals surface area contributed by atoms with Gasteiger partial charge < -0.3 is 10.8 Å². The number of nitrogens with two attached hydrogens (primary N) is 1. The topological polar surface area (TPSA) is 46.2 Å². The summed E-state index contributed by atoms with van der Waals surface area (Å²) in [5, 5.41) is 9.19. The van der Waals surface area contributed by atoms with E-state index in [2.05, 4.69) is 15.9 Å². The van der Waals surface area contributed by atoms with Crippen molar-refractivity contribution in [3.05, 3.63) is 28.2 Å². The van der Waals surface area contributed by atoms with E-state index < -0.39 is 0 Å². The average molecular weight is 230 g/mol. The molecule has 0 saturated carbocycles. The molecule has 1 aromatic carbocycles. The average Bonchev–Trinajstić information content (AvgIpc) is 1.96. The Morgan fingerprint density at radius 1 is 1.58 bits per heavy atom. The number of phenolic OH excluding ortho intramolecular Hbond substituents is 1. The van der Waals surface area contributed by atoms with Crippen molar-refractivity contribution < 1.29 is 5.11 Å². The minimum Gasteiger partial charge on any atom is -0.508 e. The first-order valence-corrected chi connectivity index (χ1v) is 4.62. The Kier molecular flexibility index (Phi) is 3.12. The van der Waals surface area contributed by atoms with Crippen LogP contribution in [-0.4, -0.2) is 11.1 Å². The first-order valence-electron chi connectivity index (χ1n) is 3.82. The van der Waals surface area contributed by atoms with E-state index in [4.69, 9.17) is 5.73 Å². The molecule has 0 heterocycles. The molecule has 0 saturated heterocycles. The second-order valence-corrected chi connectivity index (χ2v) is 3.81. The summed E-state index contributed by atoms with van der Waals surface area (Å²) in [5.41, 5.74) is 6.69. The predicted octanol–water partition coefficient (Wildman–Crippen LogP) is 2.04. The second kappa shape index (κ2) is 3.92. The molecule has 0 aliphatic carbocycles. The third-order valence-electron chi connectivity index (χ3n) is 1.57. The summed E-state index contributed by atoms with van der Waals surface area (Å²) in [4.78, 5) is 0. The molecule has 2 nitrogen and oxygen atoms in total. The van der Waals surface area contributed by atoms with Crippen LogP contribution in [0.2, 0.25) is 0 Å². The quantitative estimate of drug-likeness (QED) is 0.816. The fourth-order valence-electron chi connectivity index (χ4n) is 1.06. The molecule has 0 bridgehead atoms. The molecule has 0 unspecified atom stereocenters. The van der Waals surface area contributed by atoms with Crippen LogP contribution in [0.3, 0.4) is 0 Å². The molecule has 0 spiro atoms. The van der Waals surface area contributed by atoms with Crippen LogP contribution in [0.25, 0.3) is 0 Å². The molecule has 0 fully saturated rings. The van der Waals surface area contributed by atoms with Crippen molar-refractivity contribution in [3.63, 3.8) is 0 Å². The summed E-state index contributed by atoms with van der Waals surface area (Å²) >= 11 is 3.39. The van der Waals surface area contributed by atoms with Crippen LogP contribution in [0.1, 0.15) is 12.5 Å². The smallest absolute Gasteiger partial charge is 0.115 e. The zero-order valence-electron chi connectivity index (χ0n) is 6.92. The van der Waals surface area contributed by atoms with Gasteiger partial charge in [0.05, 0.1) is 0 Å². The third-order valence-corrected chi connectivity index (χ3v) is 2.34. The summed E-state index contributed by atoms with van der Waals surface area (Å²) in [5.74, 6) is 0.286. The molecule has 3 N–H and O–H groups in total. The lowest BCUT2D eigenvalue weighted by atomic mass is 10.1. The SMILES string of the molecule is C[C@@H](N)Cc1cc(O)ccc1Br. The van der Waals surface area contributed by atoms with Gasteiger partial charge in [0.25, 0.3) is 0 Å². The Morgan fingerprint density at radius 3 is 2.83 bits per heavy atom. The minimum atomic E-state index is 0.114. The predicted molar refractivity (Wildman–Crippen MR) is 53.2 cm³/mol. The van der Waals surface area contributed by atoms with Gasteiger partial charge in [-0.15, -0.1) is 0 Å². The summed E-state index contributed by atoms with van der Waals surface area (Å²) in [6.07, 6.45) is 0.773. The van der Waals surface area contributed by atoms with Gasteiger partial charge in [-0.05, 0) is 37.1 Å². The van der Waals surface area contributed by atoms with Crippen LogP contribution in [-0.2, 0) is 6.42 Å². The van der Waals surface area contributed by atoms with E-state index in [-0.39, 0.29) is 11.8 Å². The van der Waals surface area contributed by atoms with Crippen molar-refractivity contribution in [2.45, 2.75) is 19.4 Å². The van der Waals surface area contributed by atoms with Crippen molar-refractivity contribution in [1.82, 2.24) is 0 Å². The molecular weight excluding hydrogens is 218 g/mol. The van der Waals surface area contributed by atoms with E-state index in [1.54, 1.807) is 12.1 Å². The van der Waals surface area contributed by atoms with Crippen LogP contribution in [0.4, 0.5) is 0 Å². The van der Waals surface area contributed by atoms with Crippen LogP contribution in [0, 0.1) is 0 Å². The second-order valence-electron chi connectivity index (χ2n) is 2.96. The molecule has 0 amide bonds. The molecule has 12 heavy (non-hydrogen) atoms. The lowest BCUT2D eigenvalue weighted by molar-refractivity contribution is 0.474. The van der Waals surface area contributed by atoms with Gasteiger partial charge >= 0.3 is 0 Å². The van der Waals surface area contributed by atoms with Crippen molar-refractivity contribution in [2.24, 2.45) is 5.73 Å². The van der Waals surface area contributed by atoms with Crippen LogP contribution >= 0.6 is 15.9 Å². The minimum absolute atomic E-state index is 0.114. The van der Waals surface area contributed by atoms with Gasteiger partial charge in [-0.25, -0.2) is 0 Å². The third kappa shape index (κ3) is 2.50. The highest BCUT2D eigenvalue weighted by molar-refractivity contribution is 9.10. The van der Waals surface area contributed by atoms with E-state index in [1.807, 2.05) is 13.0 Å². The largest absolute Gasteiger partial charge is 0.508 e. The maximum Gasteiger partial charge on any atom is 0.115 e. The van der Waals surface area contributed by atoms with E-state index in [1.165, 1.54) is 0 Å². The molecule has 0 radical (unpaired) electrons. The van der Waals surface area contributed by atoms with Crippen molar-refractivity contribution in [1.29, 1.82) is 0 Å². The lowest BCUT2D eigenvalue weighted by Gasteiger charge is -2.07. The fourth-order valence-corrected chi connectivity index (χ4v) is 1.47. The van der Waals surface area contributed by atoms with Gasteiger partial charge in [-0.2, -0.15) is 0 Å². The number of benzene rings is 1. The number of aromatic hydroxyl groups is 1. The molecule has 0 aliphatic heterocycles. The van der Waals surface area contributed by atoms with Gasteiger partial charge in [0, 0.05) is 10.5 Å². The van der Waals surface area contributed by atoms with Crippen LogP contribution < -0.4 is 5.73 Å². The first-order chi connectivity index (χ1) is 5.59. The fraction of sp³-hybridized carbons (Fsp3) is 0.333. The maximum atomic E-state index is 9.19. The summed E-state index contributed by atoms with van der Waals surface area (Å²) in [6.45, 7) is 1.94. The van der Waals surface area contributed by atoms with E-state index in [0.29, 0.717) is 0 Å². The monoisotopic (exact) mass is 229 g/mol. The number of phenols is 1. The van der Waals surface area contributed by atoms with Gasteiger partial charge in [0.1, 0.15) is 5.75 Å². The van der Waals surface area contributed by atoms with E-state index >= 15 is 0 Å². The van der Waals surface area contributed by atoms with E-state index in [0.717, 1.165) is 16.5 Å². The molecule has 3 heteroatoms. The van der Waals surface area contributed by atoms with Gasteiger partial charge in [-0.1, -0.05) is 15.9 Å². The Balaban J connectivity index is 2.90. The number of rotatable bonds is 2. The normalized spacial score (nSPS) is 12.9. The molecule has 1 aromatic rings. The molecule has 0 aliphatic rings. The molecule has 66 valence electrons. The number of hydrogen-bond acceptors (Lipinski definition) is 2. The zero-order valence-corrected chi connectivity index (χ0v) is 8.51. The number of hydrogen-bond donors (Lipinski definition) is 2. The molecular formula is C9H12BrNO. The number of halogens is 1. The highest BCUT2D eigenvalue weighted by Crippen LogP contribution is 2.22. The van der Waals surface area contributed by atoms with Crippen LogP contribution in [0.15, 0.2) is 22.7 Å². The molecule has 1 atom stereocenters. The Labute approximate surface area is 80.5 Å². The Morgan fingerprint density at radius 2 is 2.25 bits per heavy atom. The van der Waals surface area contributed by atoms with Gasteiger partial charge in [-0.3, -0.25) is 0 Å². The maximum absolute atomic E-state index is 9.19.